The summed E-state index contributed by atoms with van der Waals surface area (Å²) in [6, 6.07) is 7.30. The van der Waals surface area contributed by atoms with Crippen LogP contribution in [0, 0.1) is 0 Å². The van der Waals surface area contributed by atoms with Crippen molar-refractivity contribution in [3.05, 3.63) is 29.8 Å². The largest absolute Gasteiger partial charge is 0.496 e. The molecule has 0 spiro atoms. The first-order valence-corrected chi connectivity index (χ1v) is 6.72. The van der Waals surface area contributed by atoms with Gasteiger partial charge in [-0.2, -0.15) is 0 Å². The third-order valence-corrected chi connectivity index (χ3v) is 3.16. The lowest BCUT2D eigenvalue weighted by Crippen LogP contribution is -2.41. The lowest BCUT2D eigenvalue weighted by Gasteiger charge is -2.22. The van der Waals surface area contributed by atoms with Crippen molar-refractivity contribution in [1.29, 1.82) is 0 Å². The Bertz CT molecular complexity index is 407. The van der Waals surface area contributed by atoms with Gasteiger partial charge in [-0.15, -0.1) is 0 Å². The van der Waals surface area contributed by atoms with Crippen LogP contribution in [0.3, 0.4) is 0 Å². The molecule has 0 fully saturated rings. The third-order valence-electron chi connectivity index (χ3n) is 3.16. The van der Waals surface area contributed by atoms with E-state index in [4.69, 9.17) is 10.5 Å². The summed E-state index contributed by atoms with van der Waals surface area (Å²) in [6.45, 7) is 2.61. The van der Waals surface area contributed by atoms with E-state index in [1.807, 2.05) is 24.3 Å². The molecule has 19 heavy (non-hydrogen) atoms. The van der Waals surface area contributed by atoms with Gasteiger partial charge in [0.05, 0.1) is 13.2 Å². The highest BCUT2D eigenvalue weighted by molar-refractivity contribution is 5.81. The van der Waals surface area contributed by atoms with Crippen molar-refractivity contribution in [2.24, 2.45) is 5.73 Å². The van der Waals surface area contributed by atoms with Gasteiger partial charge in [0.1, 0.15) is 5.75 Å². The standard InChI is InChI=1S/C15H24N2O2/c1-4-5-9-13(16)15(18)17(2)11-12-8-6-7-10-14(12)19-3/h6-8,10,13H,4-5,9,11,16H2,1-3H3/t13-/m0/s1. The number of hydrogen-bond acceptors (Lipinski definition) is 3. The predicted molar refractivity (Wildman–Crippen MR) is 77.0 cm³/mol. The zero-order chi connectivity index (χ0) is 14.3. The molecule has 1 atom stereocenters. The van der Waals surface area contributed by atoms with Crippen LogP contribution >= 0.6 is 0 Å². The fourth-order valence-electron chi connectivity index (χ4n) is 2.00. The summed E-state index contributed by atoms with van der Waals surface area (Å²) in [5, 5.41) is 0. The van der Waals surface area contributed by atoms with Gasteiger partial charge in [-0.25, -0.2) is 0 Å². The molecule has 1 aromatic carbocycles. The van der Waals surface area contributed by atoms with Crippen molar-refractivity contribution in [2.75, 3.05) is 14.2 Å². The summed E-state index contributed by atoms with van der Waals surface area (Å²) in [6.07, 6.45) is 2.78. The topological polar surface area (TPSA) is 55.6 Å². The third kappa shape index (κ3) is 4.56. The van der Waals surface area contributed by atoms with Crippen molar-refractivity contribution < 1.29 is 9.53 Å². The Morgan fingerprint density at radius 3 is 2.74 bits per heavy atom. The average Bonchev–Trinajstić information content (AvgIpc) is 2.44. The summed E-state index contributed by atoms with van der Waals surface area (Å²) in [5.41, 5.74) is 6.90. The van der Waals surface area contributed by atoms with Gasteiger partial charge in [0.2, 0.25) is 5.91 Å². The number of para-hydroxylation sites is 1. The molecule has 0 aliphatic carbocycles. The highest BCUT2D eigenvalue weighted by Crippen LogP contribution is 2.19. The van der Waals surface area contributed by atoms with E-state index in [1.54, 1.807) is 19.1 Å². The lowest BCUT2D eigenvalue weighted by atomic mass is 10.1. The van der Waals surface area contributed by atoms with E-state index in [0.717, 1.165) is 30.6 Å². The predicted octanol–water partition coefficient (Wildman–Crippen LogP) is 2.17. The van der Waals surface area contributed by atoms with Crippen LogP contribution in [0.2, 0.25) is 0 Å². The number of amides is 1. The molecule has 1 aromatic rings. The number of benzene rings is 1. The summed E-state index contributed by atoms with van der Waals surface area (Å²) in [4.78, 5) is 13.8. The molecule has 1 amide bonds. The molecule has 0 aromatic heterocycles. The van der Waals surface area contributed by atoms with Gasteiger partial charge in [0.15, 0.2) is 0 Å². The summed E-state index contributed by atoms with van der Waals surface area (Å²) >= 11 is 0. The maximum atomic E-state index is 12.1. The monoisotopic (exact) mass is 264 g/mol. The minimum atomic E-state index is -0.403. The first kappa shape index (κ1) is 15.5. The molecule has 0 aliphatic heterocycles. The minimum Gasteiger partial charge on any atom is -0.496 e. The molecule has 1 rings (SSSR count). The van der Waals surface area contributed by atoms with Crippen LogP contribution < -0.4 is 10.5 Å². The van der Waals surface area contributed by atoms with Gasteiger partial charge in [-0.05, 0) is 12.5 Å². The summed E-state index contributed by atoms with van der Waals surface area (Å²) in [5.74, 6) is 0.781. The van der Waals surface area contributed by atoms with Gasteiger partial charge in [-0.3, -0.25) is 4.79 Å². The van der Waals surface area contributed by atoms with E-state index in [9.17, 15) is 4.79 Å². The van der Waals surface area contributed by atoms with Crippen molar-refractivity contribution >= 4 is 5.91 Å². The zero-order valence-corrected chi connectivity index (χ0v) is 12.1. The van der Waals surface area contributed by atoms with Gasteiger partial charge >= 0.3 is 0 Å². The highest BCUT2D eigenvalue weighted by Gasteiger charge is 2.18. The Hall–Kier alpha value is -1.55. The van der Waals surface area contributed by atoms with Crippen LogP contribution in [0.25, 0.3) is 0 Å². The summed E-state index contributed by atoms with van der Waals surface area (Å²) in [7, 11) is 3.41. The van der Waals surface area contributed by atoms with E-state index >= 15 is 0 Å². The average molecular weight is 264 g/mol. The Kier molecular flexibility index (Phi) is 6.36. The maximum Gasteiger partial charge on any atom is 0.239 e. The molecule has 0 radical (unpaired) electrons. The number of hydrogen-bond donors (Lipinski definition) is 1. The molecule has 0 heterocycles. The minimum absolute atomic E-state index is 0.0145. The molecule has 0 aliphatic rings. The van der Waals surface area contributed by atoms with E-state index in [-0.39, 0.29) is 5.91 Å². The number of methoxy groups -OCH3 is 1. The molecular weight excluding hydrogens is 240 g/mol. The Morgan fingerprint density at radius 1 is 1.42 bits per heavy atom. The number of nitrogens with two attached hydrogens (primary N) is 1. The SMILES string of the molecule is CCCC[C@H](N)C(=O)N(C)Cc1ccccc1OC. The molecule has 0 bridgehead atoms. The molecule has 0 saturated carbocycles. The Labute approximate surface area is 115 Å². The quantitative estimate of drug-likeness (QED) is 0.821. The molecule has 0 unspecified atom stereocenters. The van der Waals surface area contributed by atoms with Crippen LogP contribution in [0.4, 0.5) is 0 Å². The van der Waals surface area contributed by atoms with Gasteiger partial charge in [0.25, 0.3) is 0 Å². The van der Waals surface area contributed by atoms with E-state index in [1.165, 1.54) is 0 Å². The highest BCUT2D eigenvalue weighted by atomic mass is 16.5. The van der Waals surface area contributed by atoms with Crippen LogP contribution in [-0.2, 0) is 11.3 Å². The van der Waals surface area contributed by atoms with Crippen LogP contribution in [0.1, 0.15) is 31.7 Å². The van der Waals surface area contributed by atoms with Crippen molar-refractivity contribution in [2.45, 2.75) is 38.8 Å². The van der Waals surface area contributed by atoms with Crippen LogP contribution in [-0.4, -0.2) is 31.0 Å². The molecule has 2 N–H and O–H groups in total. The van der Waals surface area contributed by atoms with Gasteiger partial charge in [0, 0.05) is 19.2 Å². The molecule has 4 heteroatoms. The number of likely N-dealkylation sites (N-methyl/N-ethyl adjacent to an activating group) is 1. The number of nitrogens with zero attached hydrogens (tertiary/aromatic N) is 1. The zero-order valence-electron chi connectivity index (χ0n) is 12.1. The Balaban J connectivity index is 2.63. The number of carbonyl (C=O) groups excluding carboxylic acids is 1. The normalized spacial score (nSPS) is 12.0. The molecule has 4 nitrogen and oxygen atoms in total. The van der Waals surface area contributed by atoms with Crippen LogP contribution in [0.5, 0.6) is 5.75 Å². The van der Waals surface area contributed by atoms with Crippen LogP contribution in [0.15, 0.2) is 24.3 Å². The second kappa shape index (κ2) is 7.79. The smallest absolute Gasteiger partial charge is 0.239 e. The molecule has 106 valence electrons. The van der Waals surface area contributed by atoms with Gasteiger partial charge in [-0.1, -0.05) is 38.0 Å². The van der Waals surface area contributed by atoms with E-state index in [2.05, 4.69) is 6.92 Å². The second-order valence-corrected chi connectivity index (χ2v) is 4.75. The van der Waals surface area contributed by atoms with Crippen molar-refractivity contribution in [3.63, 3.8) is 0 Å². The van der Waals surface area contributed by atoms with E-state index in [0.29, 0.717) is 6.54 Å². The van der Waals surface area contributed by atoms with Crippen molar-refractivity contribution in [1.82, 2.24) is 4.90 Å². The fraction of sp³-hybridized carbons (Fsp3) is 0.533. The number of carbonyl (C=O) groups is 1. The first-order valence-electron chi connectivity index (χ1n) is 6.72. The van der Waals surface area contributed by atoms with Crippen molar-refractivity contribution in [3.8, 4) is 5.75 Å². The maximum absolute atomic E-state index is 12.1. The lowest BCUT2D eigenvalue weighted by molar-refractivity contribution is -0.132. The number of rotatable bonds is 7. The number of unbranched alkanes of at least 4 members (excludes halogenated alkanes) is 1. The first-order chi connectivity index (χ1) is 9.10. The van der Waals surface area contributed by atoms with Gasteiger partial charge < -0.3 is 15.4 Å². The Morgan fingerprint density at radius 2 is 2.11 bits per heavy atom. The number of ether oxygens (including phenoxy) is 1. The second-order valence-electron chi connectivity index (χ2n) is 4.75. The molecular formula is C15H24N2O2. The fourth-order valence-corrected chi connectivity index (χ4v) is 2.00. The molecule has 0 saturated heterocycles. The van der Waals surface area contributed by atoms with E-state index < -0.39 is 6.04 Å². The summed E-state index contributed by atoms with van der Waals surface area (Å²) < 4.78 is 5.28.